The van der Waals surface area contributed by atoms with Gasteiger partial charge in [0.15, 0.2) is 5.69 Å². The van der Waals surface area contributed by atoms with E-state index in [0.717, 1.165) is 5.56 Å². The zero-order valence-electron chi connectivity index (χ0n) is 6.19. The van der Waals surface area contributed by atoms with E-state index in [-0.39, 0.29) is 0 Å². The highest BCUT2D eigenvalue weighted by Gasteiger charge is 2.22. The average Bonchev–Trinajstić information content (AvgIpc) is 2.29. The lowest BCUT2D eigenvalue weighted by Crippen LogP contribution is -2.28. The number of para-hydroxylation sites is 1. The molecule has 1 unspecified atom stereocenters. The Morgan fingerprint density at radius 2 is 2.09 bits per heavy atom. The largest absolute Gasteiger partial charge is 0.600 e. The Morgan fingerprint density at radius 1 is 1.36 bits per heavy atom. The van der Waals surface area contributed by atoms with Crippen LogP contribution in [-0.4, -0.2) is 13.3 Å². The predicted octanol–water partition coefficient (Wildman–Crippen LogP) is 1.47. The van der Waals surface area contributed by atoms with Crippen LogP contribution in [0.25, 0.3) is 0 Å². The Labute approximate surface area is 64.7 Å². The van der Waals surface area contributed by atoms with Crippen LogP contribution in [0.2, 0.25) is 0 Å². The fraction of sp³-hybridized carbons (Fsp3) is 0.125. The summed E-state index contributed by atoms with van der Waals surface area (Å²) in [6.07, 6.45) is 1.61. The van der Waals surface area contributed by atoms with Gasteiger partial charge in [-0.25, -0.2) is 4.76 Å². The van der Waals surface area contributed by atoms with Crippen molar-refractivity contribution in [3.8, 4) is 0 Å². The van der Waals surface area contributed by atoms with Gasteiger partial charge in [-0.3, -0.25) is 0 Å². The van der Waals surface area contributed by atoms with Crippen LogP contribution in [0.3, 0.4) is 0 Å². The summed E-state index contributed by atoms with van der Waals surface area (Å²) in [4.78, 5) is 0. The first kappa shape index (κ1) is 6.52. The molecule has 0 aliphatic carbocycles. The lowest BCUT2D eigenvalue weighted by Gasteiger charge is -2.26. The quantitative estimate of drug-likeness (QED) is 0.405. The molecule has 56 valence electrons. The lowest BCUT2D eigenvalue weighted by molar-refractivity contribution is 0.488. The van der Waals surface area contributed by atoms with Gasteiger partial charge in [-0.2, -0.15) is 0 Å². The molecule has 1 aromatic carbocycles. The van der Waals surface area contributed by atoms with E-state index in [1.165, 1.54) is 7.05 Å². The fourth-order valence-corrected chi connectivity index (χ4v) is 1.21. The van der Waals surface area contributed by atoms with Gasteiger partial charge >= 0.3 is 0 Å². The second-order valence-electron chi connectivity index (χ2n) is 2.68. The van der Waals surface area contributed by atoms with Crippen LogP contribution < -0.4 is 4.76 Å². The molecule has 1 aromatic rings. The number of fused-ring (bicyclic) bond motifs is 1. The number of hydrogen-bond acceptors (Lipinski definition) is 2. The number of benzene rings is 1. The van der Waals surface area contributed by atoms with E-state index >= 15 is 0 Å². The van der Waals surface area contributed by atoms with Crippen molar-refractivity contribution >= 4 is 11.9 Å². The molecule has 0 amide bonds. The van der Waals surface area contributed by atoms with E-state index in [1.807, 2.05) is 18.2 Å². The maximum absolute atomic E-state index is 11.5. The van der Waals surface area contributed by atoms with Crippen molar-refractivity contribution in [2.24, 2.45) is 5.10 Å². The lowest BCUT2D eigenvalue weighted by atomic mass is 10.2. The topological polar surface area (TPSA) is 35.4 Å². The molecule has 0 fully saturated rings. The first-order chi connectivity index (χ1) is 5.20. The molecule has 0 saturated heterocycles. The monoisotopic (exact) mass is 148 g/mol. The minimum Gasteiger partial charge on any atom is -0.600 e. The van der Waals surface area contributed by atoms with E-state index < -0.39 is 4.76 Å². The highest BCUT2D eigenvalue weighted by atomic mass is 16.6. The van der Waals surface area contributed by atoms with Crippen molar-refractivity contribution in [1.82, 2.24) is 4.76 Å². The van der Waals surface area contributed by atoms with Crippen molar-refractivity contribution in [2.45, 2.75) is 0 Å². The smallest absolute Gasteiger partial charge is 0.168 e. The van der Waals surface area contributed by atoms with Gasteiger partial charge in [-0.15, -0.1) is 0 Å². The summed E-state index contributed by atoms with van der Waals surface area (Å²) in [5, 5.41) is 15.3. The van der Waals surface area contributed by atoms with E-state index in [0.29, 0.717) is 5.69 Å². The molecule has 11 heavy (non-hydrogen) atoms. The second-order valence-corrected chi connectivity index (χ2v) is 2.68. The Bertz CT molecular complexity index is 318. The van der Waals surface area contributed by atoms with E-state index in [4.69, 9.17) is 0 Å². The average molecular weight is 148 g/mol. The minimum absolute atomic E-state index is 0.629. The van der Waals surface area contributed by atoms with Crippen molar-refractivity contribution in [3.05, 3.63) is 35.0 Å². The Hall–Kier alpha value is -1.19. The molecule has 1 aliphatic rings. The van der Waals surface area contributed by atoms with Crippen LogP contribution in [0.4, 0.5) is 5.69 Å². The summed E-state index contributed by atoms with van der Waals surface area (Å²) in [6, 6.07) is 7.44. The Balaban J connectivity index is 2.64. The van der Waals surface area contributed by atoms with Crippen molar-refractivity contribution < 1.29 is 0 Å². The maximum Gasteiger partial charge on any atom is 0.168 e. The third-order valence-corrected chi connectivity index (χ3v) is 1.80. The summed E-state index contributed by atoms with van der Waals surface area (Å²) in [5.74, 6) is 0. The summed E-state index contributed by atoms with van der Waals surface area (Å²) < 4.78 is -0.629. The highest BCUT2D eigenvalue weighted by Crippen LogP contribution is 2.28. The molecule has 1 atom stereocenters. The number of quaternary nitrogens is 1. The molecule has 0 saturated carbocycles. The molecule has 0 aromatic heterocycles. The summed E-state index contributed by atoms with van der Waals surface area (Å²) in [7, 11) is 1.52. The zero-order chi connectivity index (χ0) is 7.90. The number of rotatable bonds is 0. The van der Waals surface area contributed by atoms with Crippen LogP contribution >= 0.6 is 0 Å². The van der Waals surface area contributed by atoms with Crippen LogP contribution in [0.15, 0.2) is 29.4 Å². The number of nitrogens with zero attached hydrogens (tertiary/aromatic N) is 2. The molecule has 1 aliphatic heterocycles. The second kappa shape index (κ2) is 1.90. The Kier molecular flexibility index (Phi) is 1.13. The number of hydroxylamine groups is 1. The molecular weight excluding hydrogens is 140 g/mol. The maximum atomic E-state index is 11.5. The normalized spacial score (nSPS) is 27.1. The highest BCUT2D eigenvalue weighted by molar-refractivity contribution is 5.90. The molecule has 0 bridgehead atoms. The molecule has 0 spiro atoms. The van der Waals surface area contributed by atoms with Gasteiger partial charge < -0.3 is 5.21 Å². The molecule has 3 nitrogen and oxygen atoms in total. The first-order valence-corrected chi connectivity index (χ1v) is 3.43. The predicted molar refractivity (Wildman–Crippen MR) is 45.1 cm³/mol. The zero-order valence-corrected chi connectivity index (χ0v) is 6.19. The van der Waals surface area contributed by atoms with E-state index in [9.17, 15) is 5.21 Å². The van der Waals surface area contributed by atoms with Crippen LogP contribution in [0, 0.1) is 5.21 Å². The van der Waals surface area contributed by atoms with Gasteiger partial charge in [0, 0.05) is 6.07 Å². The SMILES string of the molecule is C[N+]1([O-])N=Cc2ccccc21. The third-order valence-electron chi connectivity index (χ3n) is 1.80. The van der Waals surface area contributed by atoms with Crippen LogP contribution in [-0.2, 0) is 0 Å². The number of hydrogen-bond donors (Lipinski definition) is 0. The van der Waals surface area contributed by atoms with Gasteiger partial charge in [-0.05, 0) is 6.07 Å². The first-order valence-electron chi connectivity index (χ1n) is 3.43. The molecule has 0 radical (unpaired) electrons. The molecule has 1 heterocycles. The van der Waals surface area contributed by atoms with E-state index in [1.54, 1.807) is 12.3 Å². The van der Waals surface area contributed by atoms with Crippen LogP contribution in [0.1, 0.15) is 5.56 Å². The standard InChI is InChI=1S/C8H8N2O/c1-10(11)8-5-3-2-4-7(8)6-9-10/h2-6H,1H3. The van der Waals surface area contributed by atoms with Crippen molar-refractivity contribution in [1.29, 1.82) is 0 Å². The fourth-order valence-electron chi connectivity index (χ4n) is 1.21. The van der Waals surface area contributed by atoms with Gasteiger partial charge in [-0.1, -0.05) is 17.2 Å². The van der Waals surface area contributed by atoms with E-state index in [2.05, 4.69) is 5.10 Å². The Morgan fingerprint density at radius 3 is 2.82 bits per heavy atom. The summed E-state index contributed by atoms with van der Waals surface area (Å²) in [5.41, 5.74) is 1.64. The summed E-state index contributed by atoms with van der Waals surface area (Å²) in [6.45, 7) is 0. The van der Waals surface area contributed by atoms with Crippen LogP contribution in [0.5, 0.6) is 0 Å². The minimum atomic E-state index is -0.629. The molecule has 0 N–H and O–H groups in total. The van der Waals surface area contributed by atoms with Gasteiger partial charge in [0.25, 0.3) is 0 Å². The van der Waals surface area contributed by atoms with Crippen molar-refractivity contribution in [2.75, 3.05) is 7.05 Å². The van der Waals surface area contributed by atoms with Gasteiger partial charge in [0.05, 0.1) is 18.8 Å². The third kappa shape index (κ3) is 0.859. The van der Waals surface area contributed by atoms with Crippen molar-refractivity contribution in [3.63, 3.8) is 0 Å². The summed E-state index contributed by atoms with van der Waals surface area (Å²) >= 11 is 0. The van der Waals surface area contributed by atoms with Gasteiger partial charge in [0.2, 0.25) is 0 Å². The molecular formula is C8H8N2O. The molecule has 2 rings (SSSR count). The van der Waals surface area contributed by atoms with Gasteiger partial charge in [0.1, 0.15) is 0 Å². The molecule has 3 heteroatoms.